The highest BCUT2D eigenvalue weighted by molar-refractivity contribution is 6.00. The first-order chi connectivity index (χ1) is 11.5. The van der Waals surface area contributed by atoms with Gasteiger partial charge in [-0.05, 0) is 50.0 Å². The van der Waals surface area contributed by atoms with E-state index < -0.39 is 0 Å². The maximum atomic E-state index is 7.99. The van der Waals surface area contributed by atoms with E-state index in [2.05, 4.69) is 36.5 Å². The van der Waals surface area contributed by atoms with Crippen molar-refractivity contribution in [1.82, 2.24) is 5.32 Å². The van der Waals surface area contributed by atoms with Gasteiger partial charge in [0.05, 0.1) is 5.70 Å². The van der Waals surface area contributed by atoms with Gasteiger partial charge in [-0.1, -0.05) is 55.5 Å². The topological polar surface area (TPSA) is 61.9 Å². The van der Waals surface area contributed by atoms with Crippen molar-refractivity contribution in [3.05, 3.63) is 82.7 Å². The molecule has 0 heterocycles. The zero-order chi connectivity index (χ0) is 17.9. The Kier molecular flexibility index (Phi) is 8.34. The molecule has 1 rings (SSSR count). The molecule has 0 radical (unpaired) electrons. The van der Waals surface area contributed by atoms with E-state index in [1.807, 2.05) is 44.2 Å². The van der Waals surface area contributed by atoms with Crippen molar-refractivity contribution in [3.63, 3.8) is 0 Å². The molecule has 24 heavy (non-hydrogen) atoms. The second-order valence-corrected chi connectivity index (χ2v) is 5.67. The Morgan fingerprint density at radius 1 is 1.21 bits per heavy atom. The smallest absolute Gasteiger partial charge is 0.0536 e. The van der Waals surface area contributed by atoms with Gasteiger partial charge in [0.1, 0.15) is 0 Å². The molecule has 0 fully saturated rings. The maximum absolute atomic E-state index is 7.99. The van der Waals surface area contributed by atoms with Crippen LogP contribution in [0.2, 0.25) is 0 Å². The molecule has 1 aromatic rings. The first-order valence-electron chi connectivity index (χ1n) is 8.34. The van der Waals surface area contributed by atoms with Crippen molar-refractivity contribution >= 4 is 5.71 Å². The van der Waals surface area contributed by atoms with Gasteiger partial charge in [-0.3, -0.25) is 0 Å². The van der Waals surface area contributed by atoms with Crippen LogP contribution in [0.1, 0.15) is 39.7 Å². The largest absolute Gasteiger partial charge is 0.401 e. The van der Waals surface area contributed by atoms with Gasteiger partial charge in [0.25, 0.3) is 0 Å². The summed E-state index contributed by atoms with van der Waals surface area (Å²) in [5, 5.41) is 11.4. The Labute approximate surface area is 146 Å². The molecular weight excluding hydrogens is 294 g/mol. The number of nitrogens with one attached hydrogen (secondary N) is 2. The summed E-state index contributed by atoms with van der Waals surface area (Å²) < 4.78 is 0. The average Bonchev–Trinajstić information content (AvgIpc) is 2.56. The van der Waals surface area contributed by atoms with Gasteiger partial charge in [0.15, 0.2) is 0 Å². The molecule has 0 aliphatic heterocycles. The number of nitrogens with two attached hydrogens (primary N) is 1. The second-order valence-electron chi connectivity index (χ2n) is 5.67. The molecule has 3 heteroatoms. The van der Waals surface area contributed by atoms with Gasteiger partial charge in [0.2, 0.25) is 0 Å². The fourth-order valence-electron chi connectivity index (χ4n) is 2.31. The Morgan fingerprint density at radius 2 is 1.88 bits per heavy atom. The van der Waals surface area contributed by atoms with Crippen LogP contribution >= 0.6 is 0 Å². The fourth-order valence-corrected chi connectivity index (χ4v) is 2.31. The summed E-state index contributed by atoms with van der Waals surface area (Å²) in [6.45, 7) is 8.45. The number of hydrogen-bond donors (Lipinski definition) is 3. The Hall–Kier alpha value is -2.55. The molecule has 0 spiro atoms. The van der Waals surface area contributed by atoms with Gasteiger partial charge < -0.3 is 16.5 Å². The van der Waals surface area contributed by atoms with Crippen LogP contribution in [0.4, 0.5) is 0 Å². The van der Waals surface area contributed by atoms with Crippen LogP contribution in [0.25, 0.3) is 0 Å². The molecule has 128 valence electrons. The maximum Gasteiger partial charge on any atom is 0.0536 e. The number of hydrogen-bond acceptors (Lipinski definition) is 3. The van der Waals surface area contributed by atoms with Crippen LogP contribution in [-0.4, -0.2) is 5.71 Å². The SMILES string of the molecule is C\C=C(C(C)=N)/C(/C=C/CC)=C/C(NCc1ccccc1)=C(\C)N. The monoisotopic (exact) mass is 323 g/mol. The fraction of sp³-hybridized carbons (Fsp3) is 0.286. The zero-order valence-corrected chi connectivity index (χ0v) is 15.2. The number of benzene rings is 1. The molecule has 3 nitrogen and oxygen atoms in total. The average molecular weight is 323 g/mol. The van der Waals surface area contributed by atoms with Crippen LogP contribution in [-0.2, 0) is 6.54 Å². The lowest BCUT2D eigenvalue weighted by atomic mass is 9.99. The highest BCUT2D eigenvalue weighted by Crippen LogP contribution is 2.17. The molecule has 0 bridgehead atoms. The van der Waals surface area contributed by atoms with E-state index in [-0.39, 0.29) is 0 Å². The van der Waals surface area contributed by atoms with E-state index in [1.165, 1.54) is 5.56 Å². The van der Waals surface area contributed by atoms with Gasteiger partial charge >= 0.3 is 0 Å². The van der Waals surface area contributed by atoms with E-state index >= 15 is 0 Å². The third kappa shape index (κ3) is 6.29. The molecule has 0 aliphatic rings. The predicted molar refractivity (Wildman–Crippen MR) is 105 cm³/mol. The van der Waals surface area contributed by atoms with Crippen LogP contribution in [0.15, 0.2) is 77.2 Å². The lowest BCUT2D eigenvalue weighted by molar-refractivity contribution is 0.817. The van der Waals surface area contributed by atoms with Gasteiger partial charge in [-0.25, -0.2) is 0 Å². The predicted octanol–water partition coefficient (Wildman–Crippen LogP) is 4.84. The van der Waals surface area contributed by atoms with Crippen molar-refractivity contribution in [2.75, 3.05) is 0 Å². The van der Waals surface area contributed by atoms with E-state index in [0.717, 1.165) is 29.0 Å². The Morgan fingerprint density at radius 3 is 2.38 bits per heavy atom. The molecule has 0 atom stereocenters. The minimum Gasteiger partial charge on any atom is -0.401 e. The highest BCUT2D eigenvalue weighted by Gasteiger charge is 2.06. The molecule has 0 saturated heterocycles. The molecule has 0 saturated carbocycles. The standard InChI is InChI=1S/C21H29N3/c1-5-7-13-19(20(6-2)16(3)22)14-21(17(4)23)24-15-18-11-9-8-10-12-18/h6-14,22,24H,5,15,23H2,1-4H3/b13-7+,19-14+,20-6-,21-17-,22-16?. The van der Waals surface area contributed by atoms with Crippen molar-refractivity contribution in [2.24, 2.45) is 5.73 Å². The van der Waals surface area contributed by atoms with Crippen molar-refractivity contribution in [3.8, 4) is 0 Å². The Bertz CT molecular complexity index is 658. The van der Waals surface area contributed by atoms with Crippen molar-refractivity contribution in [2.45, 2.75) is 40.7 Å². The van der Waals surface area contributed by atoms with Crippen LogP contribution < -0.4 is 11.1 Å². The third-order valence-corrected chi connectivity index (χ3v) is 3.59. The normalized spacial score (nSPS) is 13.8. The minimum atomic E-state index is 0.543. The lowest BCUT2D eigenvalue weighted by Gasteiger charge is -2.13. The van der Waals surface area contributed by atoms with Gasteiger partial charge in [-0.15, -0.1) is 0 Å². The molecule has 0 aromatic heterocycles. The van der Waals surface area contributed by atoms with E-state index in [0.29, 0.717) is 12.3 Å². The highest BCUT2D eigenvalue weighted by atomic mass is 14.9. The molecule has 0 aliphatic carbocycles. The molecular formula is C21H29N3. The Balaban J connectivity index is 3.11. The van der Waals surface area contributed by atoms with Crippen molar-refractivity contribution < 1.29 is 0 Å². The number of allylic oxidation sites excluding steroid dienone is 7. The summed E-state index contributed by atoms with van der Waals surface area (Å²) in [5.74, 6) is 0. The van der Waals surface area contributed by atoms with Crippen molar-refractivity contribution in [1.29, 1.82) is 5.41 Å². The molecule has 4 N–H and O–H groups in total. The lowest BCUT2D eigenvalue weighted by Crippen LogP contribution is -2.16. The van der Waals surface area contributed by atoms with Gasteiger partial charge in [0, 0.05) is 18.0 Å². The second kappa shape index (κ2) is 10.3. The molecule has 1 aromatic carbocycles. The summed E-state index contributed by atoms with van der Waals surface area (Å²) in [6.07, 6.45) is 9.09. The zero-order valence-electron chi connectivity index (χ0n) is 15.2. The van der Waals surface area contributed by atoms with Gasteiger partial charge in [-0.2, -0.15) is 0 Å². The van der Waals surface area contributed by atoms with E-state index in [4.69, 9.17) is 11.1 Å². The van der Waals surface area contributed by atoms with E-state index in [1.54, 1.807) is 6.92 Å². The summed E-state index contributed by atoms with van der Waals surface area (Å²) in [7, 11) is 0. The minimum absolute atomic E-state index is 0.543. The third-order valence-electron chi connectivity index (χ3n) is 3.59. The summed E-state index contributed by atoms with van der Waals surface area (Å²) in [5.41, 5.74) is 11.3. The first kappa shape index (κ1) is 19.5. The molecule has 0 unspecified atom stereocenters. The summed E-state index contributed by atoms with van der Waals surface area (Å²) >= 11 is 0. The first-order valence-corrected chi connectivity index (χ1v) is 8.34. The summed E-state index contributed by atoms with van der Waals surface area (Å²) in [6, 6.07) is 10.2. The van der Waals surface area contributed by atoms with Crippen LogP contribution in [0, 0.1) is 5.41 Å². The quantitative estimate of drug-likeness (QED) is 0.473. The summed E-state index contributed by atoms with van der Waals surface area (Å²) in [4.78, 5) is 0. The molecule has 0 amide bonds. The van der Waals surface area contributed by atoms with Crippen LogP contribution in [0.3, 0.4) is 0 Å². The van der Waals surface area contributed by atoms with Crippen LogP contribution in [0.5, 0.6) is 0 Å². The number of rotatable bonds is 8. The van der Waals surface area contributed by atoms with E-state index in [9.17, 15) is 0 Å².